The SMILES string of the molecule is CCCCCC=CCC=CCC=CCC=CCCCC(=O)NCC(O)CC(=O)O. The molecule has 1 unspecified atom stereocenters. The van der Waals surface area contributed by atoms with E-state index in [1.807, 2.05) is 0 Å². The predicted molar refractivity (Wildman–Crippen MR) is 120 cm³/mol. The second-order valence-corrected chi connectivity index (χ2v) is 7.04. The summed E-state index contributed by atoms with van der Waals surface area (Å²) < 4.78 is 0. The van der Waals surface area contributed by atoms with Crippen LogP contribution in [0.5, 0.6) is 0 Å². The Bertz CT molecular complexity index is 535. The standard InChI is InChI=1S/C24H39NO4/c1-2-3-4-5-6-7-8-9-10-11-12-13-14-15-16-17-18-19-23(27)25-21-22(26)20-24(28)29/h6-7,9-10,12-13,15-16,22,26H,2-5,8,11,14,17-21H2,1H3,(H,25,27)(H,28,29). The fourth-order valence-electron chi connectivity index (χ4n) is 2.54. The molecule has 0 radical (unpaired) electrons. The fourth-order valence-corrected chi connectivity index (χ4v) is 2.54. The molecule has 0 bridgehead atoms. The third kappa shape index (κ3) is 22.0. The molecule has 0 spiro atoms. The van der Waals surface area contributed by atoms with E-state index in [-0.39, 0.29) is 18.9 Å². The third-order valence-corrected chi connectivity index (χ3v) is 4.18. The van der Waals surface area contributed by atoms with Gasteiger partial charge in [-0.2, -0.15) is 0 Å². The van der Waals surface area contributed by atoms with Gasteiger partial charge in [-0.3, -0.25) is 9.59 Å². The predicted octanol–water partition coefficient (Wildman–Crippen LogP) is 5.08. The fraction of sp³-hybridized carbons (Fsp3) is 0.583. The lowest BCUT2D eigenvalue weighted by atomic mass is 10.2. The van der Waals surface area contributed by atoms with E-state index >= 15 is 0 Å². The van der Waals surface area contributed by atoms with Crippen LogP contribution in [0.25, 0.3) is 0 Å². The van der Waals surface area contributed by atoms with Gasteiger partial charge in [0.1, 0.15) is 0 Å². The molecule has 0 saturated heterocycles. The number of rotatable bonds is 18. The number of allylic oxidation sites excluding steroid dienone is 8. The Morgan fingerprint density at radius 2 is 1.34 bits per heavy atom. The highest BCUT2D eigenvalue weighted by atomic mass is 16.4. The summed E-state index contributed by atoms with van der Waals surface area (Å²) in [5.41, 5.74) is 0. The molecule has 0 heterocycles. The first-order valence-electron chi connectivity index (χ1n) is 10.8. The molecule has 3 N–H and O–H groups in total. The van der Waals surface area contributed by atoms with Crippen molar-refractivity contribution in [1.29, 1.82) is 0 Å². The minimum absolute atomic E-state index is 0.0184. The van der Waals surface area contributed by atoms with E-state index in [1.54, 1.807) is 0 Å². The summed E-state index contributed by atoms with van der Waals surface area (Å²) in [6, 6.07) is 0. The Labute approximate surface area is 176 Å². The number of aliphatic hydroxyl groups is 1. The van der Waals surface area contributed by atoms with Gasteiger partial charge in [0.25, 0.3) is 0 Å². The van der Waals surface area contributed by atoms with Crippen molar-refractivity contribution in [2.75, 3.05) is 6.54 Å². The summed E-state index contributed by atoms with van der Waals surface area (Å²) in [4.78, 5) is 22.0. The highest BCUT2D eigenvalue weighted by molar-refractivity contribution is 5.76. The lowest BCUT2D eigenvalue weighted by molar-refractivity contribution is -0.139. The van der Waals surface area contributed by atoms with Crippen molar-refractivity contribution in [2.45, 2.75) is 83.7 Å². The second-order valence-electron chi connectivity index (χ2n) is 7.04. The number of hydrogen-bond donors (Lipinski definition) is 3. The van der Waals surface area contributed by atoms with Crippen molar-refractivity contribution in [3.8, 4) is 0 Å². The van der Waals surface area contributed by atoms with Gasteiger partial charge in [0.15, 0.2) is 0 Å². The maximum Gasteiger partial charge on any atom is 0.306 e. The van der Waals surface area contributed by atoms with Crippen LogP contribution in [0.15, 0.2) is 48.6 Å². The molecular weight excluding hydrogens is 366 g/mol. The van der Waals surface area contributed by atoms with E-state index in [0.29, 0.717) is 6.42 Å². The van der Waals surface area contributed by atoms with Gasteiger partial charge in [0, 0.05) is 13.0 Å². The van der Waals surface area contributed by atoms with Crippen LogP contribution in [-0.4, -0.2) is 34.7 Å². The Kier molecular flexibility index (Phi) is 19.1. The molecule has 0 saturated carbocycles. The largest absolute Gasteiger partial charge is 0.481 e. The Morgan fingerprint density at radius 3 is 1.86 bits per heavy atom. The average molecular weight is 406 g/mol. The molecule has 0 aromatic rings. The molecule has 164 valence electrons. The molecule has 0 rings (SSSR count). The zero-order chi connectivity index (χ0) is 21.6. The molecule has 0 aliphatic carbocycles. The van der Waals surface area contributed by atoms with Crippen LogP contribution < -0.4 is 5.32 Å². The number of unbranched alkanes of at least 4 members (excludes halogenated alkanes) is 4. The average Bonchev–Trinajstić information content (AvgIpc) is 2.68. The van der Waals surface area contributed by atoms with Gasteiger partial charge in [-0.25, -0.2) is 0 Å². The molecule has 1 amide bonds. The molecule has 5 nitrogen and oxygen atoms in total. The van der Waals surface area contributed by atoms with Gasteiger partial charge in [0.2, 0.25) is 5.91 Å². The van der Waals surface area contributed by atoms with Crippen LogP contribution in [0.1, 0.15) is 77.6 Å². The number of nitrogens with one attached hydrogen (secondary N) is 1. The highest BCUT2D eigenvalue weighted by Gasteiger charge is 2.10. The summed E-state index contributed by atoms with van der Waals surface area (Å²) in [6.45, 7) is 2.20. The van der Waals surface area contributed by atoms with Crippen molar-refractivity contribution in [1.82, 2.24) is 5.32 Å². The van der Waals surface area contributed by atoms with Crippen LogP contribution in [0.2, 0.25) is 0 Å². The minimum Gasteiger partial charge on any atom is -0.481 e. The quantitative estimate of drug-likeness (QED) is 0.219. The van der Waals surface area contributed by atoms with Gasteiger partial charge in [0.05, 0.1) is 12.5 Å². The number of aliphatic hydroxyl groups excluding tert-OH is 1. The lowest BCUT2D eigenvalue weighted by Gasteiger charge is -2.09. The van der Waals surface area contributed by atoms with Gasteiger partial charge in [-0.15, -0.1) is 0 Å². The number of aliphatic carboxylic acids is 1. The van der Waals surface area contributed by atoms with Crippen molar-refractivity contribution in [3.63, 3.8) is 0 Å². The summed E-state index contributed by atoms with van der Waals surface area (Å²) in [5, 5.41) is 20.4. The summed E-state index contributed by atoms with van der Waals surface area (Å²) in [7, 11) is 0. The van der Waals surface area contributed by atoms with Crippen molar-refractivity contribution >= 4 is 11.9 Å². The van der Waals surface area contributed by atoms with Crippen LogP contribution in [-0.2, 0) is 9.59 Å². The van der Waals surface area contributed by atoms with Crippen LogP contribution in [0, 0.1) is 0 Å². The monoisotopic (exact) mass is 405 g/mol. The van der Waals surface area contributed by atoms with E-state index in [2.05, 4.69) is 60.8 Å². The Hall–Kier alpha value is -2.14. The minimum atomic E-state index is -1.08. The van der Waals surface area contributed by atoms with Crippen LogP contribution >= 0.6 is 0 Å². The van der Waals surface area contributed by atoms with Crippen molar-refractivity contribution in [3.05, 3.63) is 48.6 Å². The summed E-state index contributed by atoms with van der Waals surface area (Å²) >= 11 is 0. The number of carboxylic acid groups (broad SMARTS) is 1. The highest BCUT2D eigenvalue weighted by Crippen LogP contribution is 2.01. The number of carbonyl (C=O) groups is 2. The molecule has 0 aliphatic heterocycles. The van der Waals surface area contributed by atoms with E-state index in [9.17, 15) is 14.7 Å². The third-order valence-electron chi connectivity index (χ3n) is 4.18. The summed E-state index contributed by atoms with van der Waals surface area (Å²) in [6.07, 6.45) is 25.8. The molecule has 29 heavy (non-hydrogen) atoms. The van der Waals surface area contributed by atoms with Gasteiger partial charge < -0.3 is 15.5 Å². The van der Waals surface area contributed by atoms with E-state index in [1.165, 1.54) is 25.7 Å². The normalized spacial score (nSPS) is 13.2. The van der Waals surface area contributed by atoms with Crippen molar-refractivity contribution in [2.24, 2.45) is 0 Å². The Balaban J connectivity index is 3.55. The first-order valence-corrected chi connectivity index (χ1v) is 10.8. The molecule has 0 aromatic heterocycles. The molecule has 0 aliphatic rings. The van der Waals surface area contributed by atoms with Gasteiger partial charge in [-0.1, -0.05) is 68.4 Å². The number of carbonyl (C=O) groups excluding carboxylic acids is 1. The number of amides is 1. The zero-order valence-corrected chi connectivity index (χ0v) is 17.9. The van der Waals surface area contributed by atoms with Gasteiger partial charge >= 0.3 is 5.97 Å². The number of carboxylic acids is 1. The molecule has 0 aromatic carbocycles. The van der Waals surface area contributed by atoms with Crippen LogP contribution in [0.3, 0.4) is 0 Å². The molecule has 1 atom stereocenters. The molecular formula is C24H39NO4. The first kappa shape index (κ1) is 26.9. The zero-order valence-electron chi connectivity index (χ0n) is 17.9. The van der Waals surface area contributed by atoms with Crippen LogP contribution in [0.4, 0.5) is 0 Å². The first-order chi connectivity index (χ1) is 14.1. The van der Waals surface area contributed by atoms with E-state index < -0.39 is 12.1 Å². The molecule has 0 fully saturated rings. The Morgan fingerprint density at radius 1 is 0.828 bits per heavy atom. The topological polar surface area (TPSA) is 86.6 Å². The van der Waals surface area contributed by atoms with E-state index in [0.717, 1.165) is 32.1 Å². The van der Waals surface area contributed by atoms with Crippen molar-refractivity contribution < 1.29 is 19.8 Å². The maximum atomic E-state index is 11.6. The summed E-state index contributed by atoms with van der Waals surface area (Å²) in [5.74, 6) is -1.24. The smallest absolute Gasteiger partial charge is 0.306 e. The number of hydrogen-bond acceptors (Lipinski definition) is 3. The molecule has 5 heteroatoms. The van der Waals surface area contributed by atoms with E-state index in [4.69, 9.17) is 5.11 Å². The van der Waals surface area contributed by atoms with Gasteiger partial charge in [-0.05, 0) is 44.9 Å². The lowest BCUT2D eigenvalue weighted by Crippen LogP contribution is -2.33. The second kappa shape index (κ2) is 20.6. The maximum absolute atomic E-state index is 11.6.